The van der Waals surface area contributed by atoms with E-state index in [2.05, 4.69) is 12.2 Å². The highest BCUT2D eigenvalue weighted by molar-refractivity contribution is 5.55. The zero-order valence-electron chi connectivity index (χ0n) is 7.83. The Morgan fingerprint density at radius 1 is 1.46 bits per heavy atom. The van der Waals surface area contributed by atoms with E-state index in [1.165, 1.54) is 0 Å². The summed E-state index contributed by atoms with van der Waals surface area (Å²) in [5.74, 6) is 0.273. The van der Waals surface area contributed by atoms with Gasteiger partial charge < -0.3 is 16.2 Å². The largest absolute Gasteiger partial charge is 0.506 e. The molecule has 0 aliphatic rings. The van der Waals surface area contributed by atoms with Crippen molar-refractivity contribution in [1.82, 2.24) is 0 Å². The molecule has 3 heteroatoms. The van der Waals surface area contributed by atoms with Crippen LogP contribution in [0.1, 0.15) is 13.3 Å². The third-order valence-electron chi connectivity index (χ3n) is 2.04. The molecule has 0 aliphatic heterocycles. The summed E-state index contributed by atoms with van der Waals surface area (Å²) in [4.78, 5) is 0. The van der Waals surface area contributed by atoms with Crippen LogP contribution in [-0.4, -0.2) is 17.7 Å². The van der Waals surface area contributed by atoms with Gasteiger partial charge in [0.1, 0.15) is 5.75 Å². The number of hydrogen-bond donors (Lipinski definition) is 3. The summed E-state index contributed by atoms with van der Waals surface area (Å²) < 4.78 is 0. The van der Waals surface area contributed by atoms with Crippen LogP contribution in [0.2, 0.25) is 0 Å². The van der Waals surface area contributed by atoms with Crippen LogP contribution < -0.4 is 11.1 Å². The van der Waals surface area contributed by atoms with E-state index in [1.807, 2.05) is 12.1 Å². The van der Waals surface area contributed by atoms with Crippen molar-refractivity contribution in [2.45, 2.75) is 19.4 Å². The molecule has 0 saturated carbocycles. The average molecular weight is 180 g/mol. The van der Waals surface area contributed by atoms with Gasteiger partial charge in [-0.2, -0.15) is 0 Å². The number of rotatable bonds is 4. The molecule has 72 valence electrons. The van der Waals surface area contributed by atoms with E-state index in [-0.39, 0.29) is 11.8 Å². The molecule has 1 atom stereocenters. The van der Waals surface area contributed by atoms with Crippen molar-refractivity contribution in [3.05, 3.63) is 24.3 Å². The van der Waals surface area contributed by atoms with Crippen molar-refractivity contribution in [1.29, 1.82) is 0 Å². The SMILES string of the molecule is CCC(CN)Nc1ccccc1O. The minimum atomic E-state index is 0.230. The number of nitrogens with two attached hydrogens (primary N) is 1. The van der Waals surface area contributed by atoms with E-state index in [0.29, 0.717) is 6.54 Å². The maximum absolute atomic E-state index is 9.45. The van der Waals surface area contributed by atoms with Crippen LogP contribution in [0, 0.1) is 0 Å². The van der Waals surface area contributed by atoms with Gasteiger partial charge in [-0.25, -0.2) is 0 Å². The number of benzene rings is 1. The van der Waals surface area contributed by atoms with Gasteiger partial charge in [-0.3, -0.25) is 0 Å². The number of phenols is 1. The third-order valence-corrected chi connectivity index (χ3v) is 2.04. The van der Waals surface area contributed by atoms with Gasteiger partial charge in [0.2, 0.25) is 0 Å². The van der Waals surface area contributed by atoms with Crippen LogP contribution >= 0.6 is 0 Å². The fourth-order valence-corrected chi connectivity index (χ4v) is 1.14. The van der Waals surface area contributed by atoms with Gasteiger partial charge in [0, 0.05) is 12.6 Å². The minimum Gasteiger partial charge on any atom is -0.506 e. The molecule has 1 aromatic rings. The monoisotopic (exact) mass is 180 g/mol. The Morgan fingerprint density at radius 3 is 2.69 bits per heavy atom. The molecule has 0 aliphatic carbocycles. The lowest BCUT2D eigenvalue weighted by molar-refractivity contribution is 0.476. The number of hydrogen-bond acceptors (Lipinski definition) is 3. The second kappa shape index (κ2) is 4.72. The fraction of sp³-hybridized carbons (Fsp3) is 0.400. The fourth-order valence-electron chi connectivity index (χ4n) is 1.14. The van der Waals surface area contributed by atoms with E-state index >= 15 is 0 Å². The van der Waals surface area contributed by atoms with Gasteiger partial charge in [-0.05, 0) is 18.6 Å². The Labute approximate surface area is 78.6 Å². The number of nitrogens with one attached hydrogen (secondary N) is 1. The van der Waals surface area contributed by atoms with Crippen molar-refractivity contribution in [3.8, 4) is 5.75 Å². The van der Waals surface area contributed by atoms with Crippen LogP contribution in [-0.2, 0) is 0 Å². The predicted molar refractivity (Wildman–Crippen MR) is 54.9 cm³/mol. The van der Waals surface area contributed by atoms with Crippen LogP contribution in [0.15, 0.2) is 24.3 Å². The van der Waals surface area contributed by atoms with Crippen molar-refractivity contribution in [2.75, 3.05) is 11.9 Å². The van der Waals surface area contributed by atoms with Crippen LogP contribution in [0.25, 0.3) is 0 Å². The zero-order chi connectivity index (χ0) is 9.68. The summed E-state index contributed by atoms with van der Waals surface area (Å²) in [6.45, 7) is 2.63. The lowest BCUT2D eigenvalue weighted by atomic mass is 10.2. The number of anilines is 1. The van der Waals surface area contributed by atoms with Crippen molar-refractivity contribution in [3.63, 3.8) is 0 Å². The zero-order valence-corrected chi connectivity index (χ0v) is 7.83. The van der Waals surface area contributed by atoms with Gasteiger partial charge in [0.25, 0.3) is 0 Å². The molecule has 4 N–H and O–H groups in total. The molecule has 3 nitrogen and oxygen atoms in total. The molecule has 1 aromatic carbocycles. The summed E-state index contributed by atoms with van der Waals surface area (Å²) in [5, 5.41) is 12.6. The standard InChI is InChI=1S/C10H16N2O/c1-2-8(7-11)12-9-5-3-4-6-10(9)13/h3-6,8,12-13H,2,7,11H2,1H3. The lowest BCUT2D eigenvalue weighted by Crippen LogP contribution is -2.27. The Bertz CT molecular complexity index is 259. The second-order valence-electron chi connectivity index (χ2n) is 3.00. The van der Waals surface area contributed by atoms with Crippen molar-refractivity contribution >= 4 is 5.69 Å². The number of phenolic OH excluding ortho intramolecular Hbond substituents is 1. The Morgan fingerprint density at radius 2 is 2.15 bits per heavy atom. The quantitative estimate of drug-likeness (QED) is 0.616. The predicted octanol–water partition coefficient (Wildman–Crippen LogP) is 1.54. The maximum atomic E-state index is 9.45. The first-order valence-electron chi connectivity index (χ1n) is 4.52. The first-order valence-corrected chi connectivity index (χ1v) is 4.52. The number of para-hydroxylation sites is 2. The molecule has 1 rings (SSSR count). The van der Waals surface area contributed by atoms with Crippen LogP contribution in [0.5, 0.6) is 5.75 Å². The van der Waals surface area contributed by atoms with Gasteiger partial charge in [-0.1, -0.05) is 19.1 Å². The lowest BCUT2D eigenvalue weighted by Gasteiger charge is -2.16. The molecule has 0 spiro atoms. The van der Waals surface area contributed by atoms with Crippen molar-refractivity contribution in [2.24, 2.45) is 5.73 Å². The molecule has 0 saturated heterocycles. The van der Waals surface area contributed by atoms with Crippen LogP contribution in [0.3, 0.4) is 0 Å². The van der Waals surface area contributed by atoms with E-state index in [9.17, 15) is 5.11 Å². The summed E-state index contributed by atoms with van der Waals surface area (Å²) in [7, 11) is 0. The normalized spacial score (nSPS) is 12.5. The van der Waals surface area contributed by atoms with Crippen LogP contribution in [0.4, 0.5) is 5.69 Å². The topological polar surface area (TPSA) is 58.3 Å². The highest BCUT2D eigenvalue weighted by Gasteiger charge is 2.05. The van der Waals surface area contributed by atoms with E-state index in [1.54, 1.807) is 12.1 Å². The molecular weight excluding hydrogens is 164 g/mol. The molecule has 1 unspecified atom stereocenters. The highest BCUT2D eigenvalue weighted by Crippen LogP contribution is 2.22. The van der Waals surface area contributed by atoms with E-state index in [0.717, 1.165) is 12.1 Å². The molecule has 13 heavy (non-hydrogen) atoms. The first-order chi connectivity index (χ1) is 6.27. The molecule has 0 aromatic heterocycles. The van der Waals surface area contributed by atoms with E-state index < -0.39 is 0 Å². The van der Waals surface area contributed by atoms with Gasteiger partial charge in [0.15, 0.2) is 0 Å². The molecule has 0 heterocycles. The minimum absolute atomic E-state index is 0.230. The molecule has 0 bridgehead atoms. The Balaban J connectivity index is 2.67. The number of aromatic hydroxyl groups is 1. The molecule has 0 fully saturated rings. The molecular formula is C10H16N2O. The second-order valence-corrected chi connectivity index (χ2v) is 3.00. The highest BCUT2D eigenvalue weighted by atomic mass is 16.3. The average Bonchev–Trinajstić information content (AvgIpc) is 2.17. The van der Waals surface area contributed by atoms with Crippen molar-refractivity contribution < 1.29 is 5.11 Å². The third kappa shape index (κ3) is 2.63. The van der Waals surface area contributed by atoms with Gasteiger partial charge >= 0.3 is 0 Å². The summed E-state index contributed by atoms with van der Waals surface area (Å²) in [6, 6.07) is 7.40. The summed E-state index contributed by atoms with van der Waals surface area (Å²) >= 11 is 0. The summed E-state index contributed by atoms with van der Waals surface area (Å²) in [6.07, 6.45) is 0.949. The summed E-state index contributed by atoms with van der Waals surface area (Å²) in [5.41, 5.74) is 6.29. The van der Waals surface area contributed by atoms with Gasteiger partial charge in [0.05, 0.1) is 5.69 Å². The van der Waals surface area contributed by atoms with Gasteiger partial charge in [-0.15, -0.1) is 0 Å². The first kappa shape index (κ1) is 9.86. The smallest absolute Gasteiger partial charge is 0.138 e. The Hall–Kier alpha value is -1.22. The van der Waals surface area contributed by atoms with E-state index in [4.69, 9.17) is 5.73 Å². The molecule has 0 radical (unpaired) electrons. The Kier molecular flexibility index (Phi) is 3.58. The maximum Gasteiger partial charge on any atom is 0.138 e. The molecule has 0 amide bonds.